The monoisotopic (exact) mass is 622 g/mol. The maximum atomic E-state index is 2.47. The number of benzene rings is 9. The van der Waals surface area contributed by atoms with E-state index < -0.39 is 0 Å². The summed E-state index contributed by atoms with van der Waals surface area (Å²) < 4.78 is 0. The molecule has 0 nitrogen and oxygen atoms in total. The normalized spacial score (nSPS) is 13.3. The first-order valence-corrected chi connectivity index (χ1v) is 17.3. The molecule has 1 aliphatic rings. The summed E-state index contributed by atoms with van der Waals surface area (Å²) in [5, 5.41) is 10.2. The number of rotatable bonds is 3. The molecule has 230 valence electrons. The van der Waals surface area contributed by atoms with Crippen LogP contribution in [0, 0.1) is 0 Å². The van der Waals surface area contributed by atoms with Gasteiger partial charge in [-0.15, -0.1) is 0 Å². The third kappa shape index (κ3) is 4.17. The van der Waals surface area contributed by atoms with Gasteiger partial charge < -0.3 is 0 Å². The van der Waals surface area contributed by atoms with Crippen LogP contribution in [0.4, 0.5) is 0 Å². The van der Waals surface area contributed by atoms with Gasteiger partial charge in [0, 0.05) is 5.41 Å². The second-order valence-corrected chi connectivity index (χ2v) is 14.1. The Morgan fingerprint density at radius 2 is 0.816 bits per heavy atom. The van der Waals surface area contributed by atoms with Crippen molar-refractivity contribution in [2.75, 3.05) is 0 Å². The minimum Gasteiger partial charge on any atom is -0.0622 e. The average Bonchev–Trinajstić information content (AvgIpc) is 3.37. The summed E-state index contributed by atoms with van der Waals surface area (Å²) in [7, 11) is 0. The van der Waals surface area contributed by atoms with Crippen LogP contribution in [0.5, 0.6) is 0 Å². The van der Waals surface area contributed by atoms with Crippen LogP contribution >= 0.6 is 0 Å². The van der Waals surface area contributed by atoms with E-state index in [4.69, 9.17) is 0 Å². The fourth-order valence-electron chi connectivity index (χ4n) is 8.64. The molecule has 9 aromatic carbocycles. The van der Waals surface area contributed by atoms with E-state index in [0.717, 1.165) is 0 Å². The molecule has 0 bridgehead atoms. The van der Waals surface area contributed by atoms with Crippen LogP contribution in [0.1, 0.15) is 25.0 Å². The van der Waals surface area contributed by atoms with Crippen LogP contribution in [0.15, 0.2) is 170 Å². The molecule has 10 rings (SSSR count). The van der Waals surface area contributed by atoms with Gasteiger partial charge in [0.2, 0.25) is 0 Å². The maximum absolute atomic E-state index is 2.47. The largest absolute Gasteiger partial charge is 0.0622 e. The highest BCUT2D eigenvalue weighted by atomic mass is 14.4. The molecule has 0 heterocycles. The predicted molar refractivity (Wildman–Crippen MR) is 210 cm³/mol. The third-order valence-corrected chi connectivity index (χ3v) is 11.0. The van der Waals surface area contributed by atoms with E-state index in [1.165, 1.54) is 98.7 Å². The van der Waals surface area contributed by atoms with Crippen molar-refractivity contribution in [3.05, 3.63) is 181 Å². The summed E-state index contributed by atoms with van der Waals surface area (Å²) in [6.07, 6.45) is 0. The molecule has 0 heteroatoms. The second-order valence-electron chi connectivity index (χ2n) is 14.1. The van der Waals surface area contributed by atoms with Gasteiger partial charge in [-0.05, 0) is 129 Å². The average molecular weight is 623 g/mol. The lowest BCUT2D eigenvalue weighted by Crippen LogP contribution is -2.14. The van der Waals surface area contributed by atoms with Gasteiger partial charge in [0.15, 0.2) is 0 Å². The number of hydrogen-bond donors (Lipinski definition) is 0. The molecular formula is C49H34. The Hall–Kier alpha value is -5.98. The minimum absolute atomic E-state index is 0.0634. The molecule has 0 radical (unpaired) electrons. The van der Waals surface area contributed by atoms with Crippen molar-refractivity contribution in [1.82, 2.24) is 0 Å². The molecule has 0 unspecified atom stereocenters. The Morgan fingerprint density at radius 3 is 1.49 bits per heavy atom. The third-order valence-electron chi connectivity index (χ3n) is 11.0. The highest BCUT2D eigenvalue weighted by Crippen LogP contribution is 2.52. The standard InChI is InChI=1S/C49H34/c1-49(2)45-25-24-35(28-42(45)43-27-32-16-6-7-17-33(32)30-46(43)49)47-38-20-10-12-22-40(38)48(41-23-13-11-21-39(41)47)44-29-36(31-14-4-3-5-15-31)26-34-18-8-9-19-37(34)44/h3-30H,1-2H3. The molecule has 0 N–H and O–H groups in total. The molecule has 0 amide bonds. The van der Waals surface area contributed by atoms with Crippen molar-refractivity contribution in [3.63, 3.8) is 0 Å². The fourth-order valence-corrected chi connectivity index (χ4v) is 8.64. The van der Waals surface area contributed by atoms with Crippen molar-refractivity contribution in [3.8, 4) is 44.5 Å². The molecule has 1 aliphatic carbocycles. The first kappa shape index (κ1) is 28.1. The Morgan fingerprint density at radius 1 is 0.306 bits per heavy atom. The second kappa shape index (κ2) is 10.5. The zero-order chi connectivity index (χ0) is 32.7. The topological polar surface area (TPSA) is 0 Å². The Bertz CT molecular complexity index is 2720. The summed E-state index contributed by atoms with van der Waals surface area (Å²) in [4.78, 5) is 0. The summed E-state index contributed by atoms with van der Waals surface area (Å²) in [6.45, 7) is 4.75. The molecule has 9 aromatic rings. The minimum atomic E-state index is -0.0634. The van der Waals surface area contributed by atoms with Gasteiger partial charge in [-0.1, -0.05) is 153 Å². The molecule has 0 saturated carbocycles. The molecule has 0 fully saturated rings. The zero-order valence-electron chi connectivity index (χ0n) is 27.7. The quantitative estimate of drug-likeness (QED) is 0.172. The van der Waals surface area contributed by atoms with Crippen molar-refractivity contribution in [1.29, 1.82) is 0 Å². The van der Waals surface area contributed by atoms with Crippen LogP contribution in [0.2, 0.25) is 0 Å². The summed E-state index contributed by atoms with van der Waals surface area (Å²) >= 11 is 0. The first-order valence-electron chi connectivity index (χ1n) is 17.3. The molecule has 0 saturated heterocycles. The van der Waals surface area contributed by atoms with E-state index in [9.17, 15) is 0 Å². The maximum Gasteiger partial charge on any atom is 0.0159 e. The zero-order valence-corrected chi connectivity index (χ0v) is 27.7. The lowest BCUT2D eigenvalue weighted by molar-refractivity contribution is 0.661. The van der Waals surface area contributed by atoms with Crippen molar-refractivity contribution >= 4 is 43.1 Å². The number of hydrogen-bond acceptors (Lipinski definition) is 0. The van der Waals surface area contributed by atoms with Gasteiger partial charge in [0.25, 0.3) is 0 Å². The van der Waals surface area contributed by atoms with E-state index in [2.05, 4.69) is 184 Å². The fraction of sp³-hybridized carbons (Fsp3) is 0.0612. The highest BCUT2D eigenvalue weighted by molar-refractivity contribution is 6.24. The van der Waals surface area contributed by atoms with Gasteiger partial charge >= 0.3 is 0 Å². The van der Waals surface area contributed by atoms with Crippen molar-refractivity contribution in [2.45, 2.75) is 19.3 Å². The van der Waals surface area contributed by atoms with Crippen LogP contribution < -0.4 is 0 Å². The molecule has 0 atom stereocenters. The molecule has 0 spiro atoms. The molecule has 0 aromatic heterocycles. The summed E-state index contributed by atoms with van der Waals surface area (Å²) in [6, 6.07) is 63.2. The Balaban J connectivity index is 1.27. The Labute approximate surface area is 286 Å². The summed E-state index contributed by atoms with van der Waals surface area (Å²) in [5.74, 6) is 0. The van der Waals surface area contributed by atoms with Gasteiger partial charge in [0.05, 0.1) is 0 Å². The van der Waals surface area contributed by atoms with Gasteiger partial charge in [-0.3, -0.25) is 0 Å². The van der Waals surface area contributed by atoms with E-state index in [-0.39, 0.29) is 5.41 Å². The van der Waals surface area contributed by atoms with Crippen LogP contribution in [-0.2, 0) is 5.41 Å². The highest BCUT2D eigenvalue weighted by Gasteiger charge is 2.36. The lowest BCUT2D eigenvalue weighted by atomic mass is 9.81. The van der Waals surface area contributed by atoms with Crippen LogP contribution in [0.3, 0.4) is 0 Å². The van der Waals surface area contributed by atoms with Gasteiger partial charge in [-0.2, -0.15) is 0 Å². The van der Waals surface area contributed by atoms with Gasteiger partial charge in [-0.25, -0.2) is 0 Å². The smallest absolute Gasteiger partial charge is 0.0159 e. The van der Waals surface area contributed by atoms with Crippen LogP contribution in [-0.4, -0.2) is 0 Å². The van der Waals surface area contributed by atoms with Crippen molar-refractivity contribution in [2.24, 2.45) is 0 Å². The van der Waals surface area contributed by atoms with Crippen molar-refractivity contribution < 1.29 is 0 Å². The van der Waals surface area contributed by atoms with E-state index in [1.54, 1.807) is 0 Å². The molecular weight excluding hydrogens is 589 g/mol. The predicted octanol–water partition coefficient (Wildman–Crippen LogP) is 13.6. The van der Waals surface area contributed by atoms with E-state index in [1.807, 2.05) is 0 Å². The van der Waals surface area contributed by atoms with E-state index in [0.29, 0.717) is 0 Å². The SMILES string of the molecule is CC1(C)c2ccc(-c3c4ccccc4c(-c4cc(-c5ccccc5)cc5ccccc45)c4ccccc34)cc2-c2cc3ccccc3cc21. The molecule has 0 aliphatic heterocycles. The van der Waals surface area contributed by atoms with E-state index >= 15 is 0 Å². The summed E-state index contributed by atoms with van der Waals surface area (Å²) in [5.41, 5.74) is 13.0. The van der Waals surface area contributed by atoms with Crippen LogP contribution in [0.25, 0.3) is 87.6 Å². The lowest BCUT2D eigenvalue weighted by Gasteiger charge is -2.22. The first-order chi connectivity index (χ1) is 24.1. The van der Waals surface area contributed by atoms with Gasteiger partial charge in [0.1, 0.15) is 0 Å². The molecule has 49 heavy (non-hydrogen) atoms. The Kier molecular flexibility index (Phi) is 6.02. The number of fused-ring (bicyclic) bond motifs is 7.